The summed E-state index contributed by atoms with van der Waals surface area (Å²) in [5, 5.41) is 0. The topological polar surface area (TPSA) is 38.8 Å². The van der Waals surface area contributed by atoms with E-state index in [9.17, 15) is 4.79 Å². The number of fused-ring (bicyclic) bond motifs is 1. The van der Waals surface area contributed by atoms with Gasteiger partial charge in [0.2, 0.25) is 0 Å². The van der Waals surface area contributed by atoms with Gasteiger partial charge < -0.3 is 14.4 Å². The molecule has 0 saturated carbocycles. The second-order valence-corrected chi connectivity index (χ2v) is 6.11. The van der Waals surface area contributed by atoms with E-state index >= 15 is 0 Å². The van der Waals surface area contributed by atoms with Gasteiger partial charge in [-0.3, -0.25) is 0 Å². The van der Waals surface area contributed by atoms with E-state index < -0.39 is 0 Å². The van der Waals surface area contributed by atoms with Crippen molar-refractivity contribution in [1.29, 1.82) is 0 Å². The fourth-order valence-corrected chi connectivity index (χ4v) is 3.46. The molecule has 3 rings (SSSR count). The van der Waals surface area contributed by atoms with Gasteiger partial charge in [-0.25, -0.2) is 4.79 Å². The Morgan fingerprint density at radius 2 is 2.27 bits per heavy atom. The first-order chi connectivity index (χ1) is 10.8. The summed E-state index contributed by atoms with van der Waals surface area (Å²) < 4.78 is 11.5. The van der Waals surface area contributed by atoms with Gasteiger partial charge in [0, 0.05) is 6.54 Å². The van der Waals surface area contributed by atoms with Crippen molar-refractivity contribution in [2.75, 3.05) is 19.8 Å². The van der Waals surface area contributed by atoms with E-state index in [2.05, 4.69) is 31.2 Å². The number of rotatable bonds is 4. The highest BCUT2D eigenvalue weighted by Gasteiger charge is 2.38. The Balaban J connectivity index is 1.72. The Bertz CT molecular complexity index is 517. The van der Waals surface area contributed by atoms with Crippen LogP contribution in [0.3, 0.4) is 0 Å². The summed E-state index contributed by atoms with van der Waals surface area (Å²) in [5.41, 5.74) is 2.59. The van der Waals surface area contributed by atoms with Crippen LogP contribution in [0.5, 0.6) is 0 Å². The lowest BCUT2D eigenvalue weighted by Crippen LogP contribution is -2.41. The zero-order valence-electron chi connectivity index (χ0n) is 13.3. The molecule has 2 atom stereocenters. The molecule has 4 nitrogen and oxygen atoms in total. The zero-order valence-corrected chi connectivity index (χ0v) is 13.3. The molecule has 1 aromatic rings. The van der Waals surface area contributed by atoms with E-state index in [1.54, 1.807) is 0 Å². The van der Waals surface area contributed by atoms with Crippen molar-refractivity contribution >= 4 is 6.09 Å². The Labute approximate surface area is 132 Å². The van der Waals surface area contributed by atoms with Crippen molar-refractivity contribution < 1.29 is 14.3 Å². The molecule has 2 aliphatic heterocycles. The summed E-state index contributed by atoms with van der Waals surface area (Å²) in [6.07, 6.45) is 4.74. The summed E-state index contributed by atoms with van der Waals surface area (Å²) in [5.74, 6) is 0. The standard InChI is InChI=1S/C18H25NO3/c1-2-3-12-22-18(20)19-11-6-9-16(19)17-15-8-5-4-7-14(15)10-13-21-17/h4-5,7-8,16-17H,2-3,6,9-13H2,1H3. The molecule has 1 saturated heterocycles. The molecular weight excluding hydrogens is 278 g/mol. The molecule has 1 amide bonds. The molecule has 2 aliphatic rings. The van der Waals surface area contributed by atoms with E-state index in [-0.39, 0.29) is 18.2 Å². The maximum atomic E-state index is 12.3. The van der Waals surface area contributed by atoms with Crippen LogP contribution in [-0.2, 0) is 15.9 Å². The molecule has 2 heterocycles. The number of hydrogen-bond acceptors (Lipinski definition) is 3. The van der Waals surface area contributed by atoms with Crippen LogP contribution in [-0.4, -0.2) is 36.8 Å². The first kappa shape index (κ1) is 15.3. The van der Waals surface area contributed by atoms with Crippen LogP contribution in [0.25, 0.3) is 0 Å². The number of hydrogen-bond donors (Lipinski definition) is 0. The minimum absolute atomic E-state index is 0.00817. The predicted molar refractivity (Wildman–Crippen MR) is 84.8 cm³/mol. The second kappa shape index (κ2) is 7.14. The van der Waals surface area contributed by atoms with Crippen molar-refractivity contribution in [2.45, 2.75) is 51.2 Å². The van der Waals surface area contributed by atoms with Crippen molar-refractivity contribution in [2.24, 2.45) is 0 Å². The van der Waals surface area contributed by atoms with Crippen LogP contribution in [0.15, 0.2) is 24.3 Å². The summed E-state index contributed by atoms with van der Waals surface area (Å²) in [6.45, 7) is 4.12. The predicted octanol–water partition coefficient (Wildman–Crippen LogP) is 3.70. The van der Waals surface area contributed by atoms with Crippen LogP contribution in [0.1, 0.15) is 49.8 Å². The Morgan fingerprint density at radius 1 is 1.41 bits per heavy atom. The number of carbonyl (C=O) groups excluding carboxylic acids is 1. The fraction of sp³-hybridized carbons (Fsp3) is 0.611. The normalized spacial score (nSPS) is 24.1. The molecule has 0 aromatic heterocycles. The molecule has 1 aromatic carbocycles. The SMILES string of the molecule is CCCCOC(=O)N1CCCC1C1OCCc2ccccc21. The zero-order chi connectivity index (χ0) is 15.4. The number of benzene rings is 1. The van der Waals surface area contributed by atoms with Crippen molar-refractivity contribution in [3.63, 3.8) is 0 Å². The quantitative estimate of drug-likeness (QED) is 0.796. The molecule has 1 fully saturated rings. The number of unbranched alkanes of at least 4 members (excludes halogenated alkanes) is 1. The Morgan fingerprint density at radius 3 is 3.14 bits per heavy atom. The van der Waals surface area contributed by atoms with Gasteiger partial charge in [0.1, 0.15) is 6.10 Å². The molecule has 0 bridgehead atoms. The van der Waals surface area contributed by atoms with Gasteiger partial charge in [-0.1, -0.05) is 37.6 Å². The largest absolute Gasteiger partial charge is 0.449 e. The van der Waals surface area contributed by atoms with Crippen LogP contribution in [0.2, 0.25) is 0 Å². The minimum Gasteiger partial charge on any atom is -0.449 e. The highest BCUT2D eigenvalue weighted by Crippen LogP contribution is 2.36. The molecule has 2 unspecified atom stereocenters. The van der Waals surface area contributed by atoms with E-state index in [1.165, 1.54) is 11.1 Å². The molecule has 0 radical (unpaired) electrons. The molecule has 0 spiro atoms. The van der Waals surface area contributed by atoms with E-state index in [4.69, 9.17) is 9.47 Å². The highest BCUT2D eigenvalue weighted by molar-refractivity contribution is 5.68. The lowest BCUT2D eigenvalue weighted by atomic mass is 9.92. The van der Waals surface area contributed by atoms with Crippen LogP contribution in [0, 0.1) is 0 Å². The monoisotopic (exact) mass is 303 g/mol. The van der Waals surface area contributed by atoms with E-state index in [0.717, 1.165) is 45.3 Å². The minimum atomic E-state index is -0.178. The second-order valence-electron chi connectivity index (χ2n) is 6.11. The maximum Gasteiger partial charge on any atom is 0.410 e. The third-order valence-electron chi connectivity index (χ3n) is 4.64. The van der Waals surface area contributed by atoms with Crippen molar-refractivity contribution in [1.82, 2.24) is 4.90 Å². The Hall–Kier alpha value is -1.55. The number of nitrogens with zero attached hydrogens (tertiary/aromatic N) is 1. The molecular formula is C18H25NO3. The fourth-order valence-electron chi connectivity index (χ4n) is 3.46. The summed E-state index contributed by atoms with van der Waals surface area (Å²) in [4.78, 5) is 14.2. The summed E-state index contributed by atoms with van der Waals surface area (Å²) >= 11 is 0. The van der Waals surface area contributed by atoms with Crippen molar-refractivity contribution in [3.8, 4) is 0 Å². The molecule has 22 heavy (non-hydrogen) atoms. The number of carbonyl (C=O) groups is 1. The van der Waals surface area contributed by atoms with Gasteiger partial charge in [0.05, 0.1) is 19.3 Å². The number of ether oxygens (including phenoxy) is 2. The first-order valence-electron chi connectivity index (χ1n) is 8.44. The van der Waals surface area contributed by atoms with E-state index in [0.29, 0.717) is 6.61 Å². The van der Waals surface area contributed by atoms with E-state index in [1.807, 2.05) is 4.90 Å². The lowest BCUT2D eigenvalue weighted by molar-refractivity contribution is -0.0125. The van der Waals surface area contributed by atoms with Gasteiger partial charge in [0.15, 0.2) is 0 Å². The van der Waals surface area contributed by atoms with Gasteiger partial charge in [-0.15, -0.1) is 0 Å². The highest BCUT2D eigenvalue weighted by atomic mass is 16.6. The third-order valence-corrected chi connectivity index (χ3v) is 4.64. The van der Waals surface area contributed by atoms with Gasteiger partial charge in [-0.05, 0) is 36.8 Å². The van der Waals surface area contributed by atoms with Crippen LogP contribution < -0.4 is 0 Å². The Kier molecular flexibility index (Phi) is 4.98. The maximum absolute atomic E-state index is 12.3. The molecule has 0 N–H and O–H groups in total. The van der Waals surface area contributed by atoms with Gasteiger partial charge >= 0.3 is 6.09 Å². The molecule has 0 aliphatic carbocycles. The van der Waals surface area contributed by atoms with Crippen molar-refractivity contribution in [3.05, 3.63) is 35.4 Å². The van der Waals surface area contributed by atoms with Gasteiger partial charge in [-0.2, -0.15) is 0 Å². The molecule has 120 valence electrons. The molecule has 4 heteroatoms. The number of amides is 1. The summed E-state index contributed by atoms with van der Waals surface area (Å²) in [7, 11) is 0. The first-order valence-corrected chi connectivity index (χ1v) is 8.44. The van der Waals surface area contributed by atoms with Gasteiger partial charge in [0.25, 0.3) is 0 Å². The number of likely N-dealkylation sites (tertiary alicyclic amines) is 1. The smallest absolute Gasteiger partial charge is 0.410 e. The lowest BCUT2D eigenvalue weighted by Gasteiger charge is -2.35. The third kappa shape index (κ3) is 3.12. The average molecular weight is 303 g/mol. The average Bonchev–Trinajstić information content (AvgIpc) is 3.04. The summed E-state index contributed by atoms with van der Waals surface area (Å²) in [6, 6.07) is 8.55. The van der Waals surface area contributed by atoms with Crippen LogP contribution in [0.4, 0.5) is 4.79 Å². The van der Waals surface area contributed by atoms with Crippen LogP contribution >= 0.6 is 0 Å².